The van der Waals surface area contributed by atoms with Crippen molar-refractivity contribution in [2.75, 3.05) is 36.4 Å². The quantitative estimate of drug-likeness (QED) is 0.388. The molecule has 35 heavy (non-hydrogen) atoms. The fourth-order valence-corrected chi connectivity index (χ4v) is 6.04. The summed E-state index contributed by atoms with van der Waals surface area (Å²) in [6.45, 7) is 4.24. The molecular weight excluding hydrogens is 466 g/mol. The second kappa shape index (κ2) is 9.54. The highest BCUT2D eigenvalue weighted by molar-refractivity contribution is 7.20. The highest BCUT2D eigenvalue weighted by Gasteiger charge is 2.25. The number of halogens is 2. The van der Waals surface area contributed by atoms with Crippen LogP contribution < -0.4 is 10.2 Å². The van der Waals surface area contributed by atoms with E-state index in [0.29, 0.717) is 6.04 Å². The lowest BCUT2D eigenvalue weighted by Gasteiger charge is -2.34. The monoisotopic (exact) mass is 494 g/mol. The van der Waals surface area contributed by atoms with Crippen molar-refractivity contribution >= 4 is 27.2 Å². The Morgan fingerprint density at radius 1 is 0.943 bits per heavy atom. The molecule has 9 heteroatoms. The van der Waals surface area contributed by atoms with E-state index < -0.39 is 0 Å². The fraction of sp³-hybridized carbons (Fsp3) is 0.385. The molecule has 4 aromatic rings. The van der Waals surface area contributed by atoms with Gasteiger partial charge in [-0.15, -0.1) is 5.10 Å². The Morgan fingerprint density at radius 2 is 1.69 bits per heavy atom. The smallest absolute Gasteiger partial charge is 0.216 e. The van der Waals surface area contributed by atoms with Gasteiger partial charge in [0.25, 0.3) is 0 Å². The molecule has 3 heterocycles. The molecule has 0 unspecified atom stereocenters. The second-order valence-corrected chi connectivity index (χ2v) is 10.4. The van der Waals surface area contributed by atoms with Crippen molar-refractivity contribution in [1.29, 1.82) is 0 Å². The minimum absolute atomic E-state index is 0.188. The van der Waals surface area contributed by atoms with Crippen LogP contribution in [0.3, 0.4) is 0 Å². The summed E-state index contributed by atoms with van der Waals surface area (Å²) in [5, 5.41) is 9.55. The minimum Gasteiger partial charge on any atom is -0.365 e. The molecule has 6 nitrogen and oxygen atoms in total. The number of anilines is 2. The SMILES string of the molecule is Fc1cccc(CN2CCN(c3nn4c(NC5CCCC5)c(-c5cccc(F)c5)nc4s3)CC2)c1. The maximum Gasteiger partial charge on any atom is 0.216 e. The van der Waals surface area contributed by atoms with Gasteiger partial charge in [-0.1, -0.05) is 48.4 Å². The average Bonchev–Trinajstić information content (AvgIpc) is 3.58. The van der Waals surface area contributed by atoms with Crippen molar-refractivity contribution in [2.24, 2.45) is 0 Å². The lowest BCUT2D eigenvalue weighted by Crippen LogP contribution is -2.46. The van der Waals surface area contributed by atoms with Crippen molar-refractivity contribution in [3.63, 3.8) is 0 Å². The summed E-state index contributed by atoms with van der Waals surface area (Å²) < 4.78 is 29.4. The van der Waals surface area contributed by atoms with Gasteiger partial charge in [-0.3, -0.25) is 4.90 Å². The Morgan fingerprint density at radius 3 is 2.43 bits per heavy atom. The van der Waals surface area contributed by atoms with Gasteiger partial charge >= 0.3 is 0 Å². The molecule has 2 fully saturated rings. The van der Waals surface area contributed by atoms with Gasteiger partial charge in [0.05, 0.1) is 0 Å². The fourth-order valence-electron chi connectivity index (χ4n) is 5.09. The molecule has 2 aromatic heterocycles. The van der Waals surface area contributed by atoms with E-state index >= 15 is 0 Å². The largest absolute Gasteiger partial charge is 0.365 e. The molecule has 1 saturated carbocycles. The molecule has 0 atom stereocenters. The summed E-state index contributed by atoms with van der Waals surface area (Å²) in [6.07, 6.45) is 4.69. The average molecular weight is 495 g/mol. The minimum atomic E-state index is -0.268. The Balaban J connectivity index is 1.22. The van der Waals surface area contributed by atoms with Crippen LogP contribution in [0.4, 0.5) is 19.7 Å². The lowest BCUT2D eigenvalue weighted by molar-refractivity contribution is 0.249. The summed E-state index contributed by atoms with van der Waals surface area (Å²) in [4.78, 5) is 10.3. The predicted octanol–water partition coefficient (Wildman–Crippen LogP) is 5.41. The molecule has 2 aromatic carbocycles. The third-order valence-corrected chi connectivity index (χ3v) is 7.89. The van der Waals surface area contributed by atoms with E-state index in [1.54, 1.807) is 29.5 Å². The van der Waals surface area contributed by atoms with Crippen LogP contribution in [-0.2, 0) is 6.54 Å². The zero-order valence-electron chi connectivity index (χ0n) is 19.5. The van der Waals surface area contributed by atoms with Gasteiger partial charge in [0.15, 0.2) is 5.82 Å². The Kier molecular flexibility index (Phi) is 6.12. The van der Waals surface area contributed by atoms with Crippen molar-refractivity contribution in [3.8, 4) is 11.3 Å². The predicted molar refractivity (Wildman–Crippen MR) is 136 cm³/mol. The summed E-state index contributed by atoms with van der Waals surface area (Å²) >= 11 is 1.57. The maximum atomic E-state index is 14.0. The summed E-state index contributed by atoms with van der Waals surface area (Å²) in [7, 11) is 0. The summed E-state index contributed by atoms with van der Waals surface area (Å²) in [5.74, 6) is 0.395. The van der Waals surface area contributed by atoms with Gasteiger partial charge in [-0.2, -0.15) is 4.52 Å². The summed E-state index contributed by atoms with van der Waals surface area (Å²) in [6, 6.07) is 13.8. The first-order valence-corrected chi connectivity index (χ1v) is 13.1. The van der Waals surface area contributed by atoms with Crippen LogP contribution in [0.5, 0.6) is 0 Å². The number of aromatic nitrogens is 3. The molecule has 1 saturated heterocycles. The van der Waals surface area contributed by atoms with Crippen LogP contribution in [0, 0.1) is 11.6 Å². The van der Waals surface area contributed by atoms with Crippen LogP contribution in [-0.4, -0.2) is 51.7 Å². The number of rotatable bonds is 6. The molecule has 1 N–H and O–H groups in total. The number of nitrogens with one attached hydrogen (secondary N) is 1. The van der Waals surface area contributed by atoms with Gasteiger partial charge in [-0.25, -0.2) is 13.8 Å². The van der Waals surface area contributed by atoms with E-state index in [2.05, 4.69) is 15.1 Å². The van der Waals surface area contributed by atoms with Crippen LogP contribution in [0.2, 0.25) is 0 Å². The van der Waals surface area contributed by atoms with Crippen molar-refractivity contribution in [3.05, 3.63) is 65.7 Å². The topological polar surface area (TPSA) is 48.7 Å². The molecule has 0 radical (unpaired) electrons. The second-order valence-electron chi connectivity index (χ2n) is 9.42. The maximum absolute atomic E-state index is 14.0. The standard InChI is InChI=1S/C26H28F2N6S/c27-20-7-3-5-18(15-20)17-32-11-13-33(14-12-32)26-31-34-24(29-22-9-1-2-10-22)23(30-25(34)35-26)19-6-4-8-21(28)16-19/h3-8,15-16,22,29H,1-2,9-14,17H2. The molecule has 182 valence electrons. The number of benzene rings is 2. The molecule has 0 bridgehead atoms. The van der Waals surface area contributed by atoms with E-state index in [-0.39, 0.29) is 11.6 Å². The third-order valence-electron chi connectivity index (χ3n) is 6.92. The number of nitrogens with zero attached hydrogens (tertiary/aromatic N) is 5. The molecule has 1 aliphatic heterocycles. The molecule has 0 spiro atoms. The van der Waals surface area contributed by atoms with Crippen molar-refractivity contribution in [1.82, 2.24) is 19.5 Å². The number of imidazole rings is 1. The number of hydrogen-bond donors (Lipinski definition) is 1. The van der Waals surface area contributed by atoms with E-state index in [4.69, 9.17) is 10.1 Å². The van der Waals surface area contributed by atoms with Gasteiger partial charge < -0.3 is 10.2 Å². The van der Waals surface area contributed by atoms with Gasteiger partial charge in [0.2, 0.25) is 10.1 Å². The molecule has 0 amide bonds. The van der Waals surface area contributed by atoms with Gasteiger partial charge in [0.1, 0.15) is 17.3 Å². The van der Waals surface area contributed by atoms with E-state index in [9.17, 15) is 8.78 Å². The number of fused-ring (bicyclic) bond motifs is 1. The van der Waals surface area contributed by atoms with Gasteiger partial charge in [0, 0.05) is 44.3 Å². The van der Waals surface area contributed by atoms with Crippen LogP contribution in [0.25, 0.3) is 16.2 Å². The normalized spacial score (nSPS) is 17.5. The first-order valence-electron chi connectivity index (χ1n) is 12.3. The van der Waals surface area contributed by atoms with Crippen LogP contribution in [0.15, 0.2) is 48.5 Å². The van der Waals surface area contributed by atoms with Crippen LogP contribution in [0.1, 0.15) is 31.2 Å². The zero-order valence-corrected chi connectivity index (χ0v) is 20.3. The molecule has 1 aliphatic carbocycles. The third kappa shape index (κ3) is 4.75. The van der Waals surface area contributed by atoms with E-state index in [1.165, 1.54) is 31.0 Å². The number of piperazine rings is 1. The van der Waals surface area contributed by atoms with Crippen molar-refractivity contribution < 1.29 is 8.78 Å². The number of hydrogen-bond acceptors (Lipinski definition) is 6. The molecular formula is C26H28F2N6S. The van der Waals surface area contributed by atoms with Crippen LogP contribution >= 0.6 is 11.3 Å². The van der Waals surface area contributed by atoms with E-state index in [1.807, 2.05) is 16.6 Å². The first kappa shape index (κ1) is 22.4. The molecule has 2 aliphatic rings. The first-order chi connectivity index (χ1) is 17.1. The highest BCUT2D eigenvalue weighted by Crippen LogP contribution is 2.35. The van der Waals surface area contributed by atoms with Crippen molar-refractivity contribution in [2.45, 2.75) is 38.3 Å². The van der Waals surface area contributed by atoms with Gasteiger partial charge in [-0.05, 0) is 42.7 Å². The Hall–Kier alpha value is -3.04. The lowest BCUT2D eigenvalue weighted by atomic mass is 10.1. The zero-order chi connectivity index (χ0) is 23.8. The Labute approximate surface area is 207 Å². The Bertz CT molecular complexity index is 1320. The highest BCUT2D eigenvalue weighted by atomic mass is 32.1. The molecule has 6 rings (SSSR count). The van der Waals surface area contributed by atoms with E-state index in [0.717, 1.165) is 78.3 Å². The summed E-state index contributed by atoms with van der Waals surface area (Å²) in [5.41, 5.74) is 2.51.